The number of fused-ring (bicyclic) bond motifs is 2. The molecule has 0 radical (unpaired) electrons. The molecule has 30 heavy (non-hydrogen) atoms. The Kier molecular flexibility index (Phi) is 4.83. The minimum Gasteiger partial charge on any atom is -0.478 e. The molecule has 0 aliphatic carbocycles. The summed E-state index contributed by atoms with van der Waals surface area (Å²) in [6.07, 6.45) is -0.688. The van der Waals surface area contributed by atoms with E-state index in [-0.39, 0.29) is 16.4 Å². The van der Waals surface area contributed by atoms with E-state index >= 15 is 0 Å². The van der Waals surface area contributed by atoms with Gasteiger partial charge in [-0.15, -0.1) is 0 Å². The Morgan fingerprint density at radius 1 is 0.967 bits per heavy atom. The van der Waals surface area contributed by atoms with Crippen molar-refractivity contribution in [2.24, 2.45) is 0 Å². The molecular formula is C24H18O6. The van der Waals surface area contributed by atoms with Crippen LogP contribution in [0.2, 0.25) is 0 Å². The first-order valence-electron chi connectivity index (χ1n) is 9.31. The normalized spacial score (nSPS) is 12.1. The van der Waals surface area contributed by atoms with Crippen LogP contribution in [0.3, 0.4) is 0 Å². The average molecular weight is 402 g/mol. The van der Waals surface area contributed by atoms with Gasteiger partial charge in [0.2, 0.25) is 5.43 Å². The van der Waals surface area contributed by atoms with Crippen molar-refractivity contribution in [2.75, 3.05) is 0 Å². The van der Waals surface area contributed by atoms with Gasteiger partial charge in [0, 0.05) is 6.92 Å². The van der Waals surface area contributed by atoms with Crippen LogP contribution in [0.1, 0.15) is 40.1 Å². The van der Waals surface area contributed by atoms with Gasteiger partial charge in [0.15, 0.2) is 6.10 Å². The van der Waals surface area contributed by atoms with E-state index in [0.29, 0.717) is 27.7 Å². The van der Waals surface area contributed by atoms with Crippen LogP contribution in [-0.2, 0) is 9.53 Å². The maximum atomic E-state index is 13.2. The third kappa shape index (κ3) is 3.43. The van der Waals surface area contributed by atoms with E-state index in [9.17, 15) is 19.5 Å². The Bertz CT molecular complexity index is 1350. The smallest absolute Gasteiger partial charge is 0.335 e. The number of aryl methyl sites for hydroxylation is 1. The lowest BCUT2D eigenvalue weighted by molar-refractivity contribution is -0.144. The zero-order valence-corrected chi connectivity index (χ0v) is 16.3. The van der Waals surface area contributed by atoms with Gasteiger partial charge in [0.1, 0.15) is 11.2 Å². The monoisotopic (exact) mass is 402 g/mol. The van der Waals surface area contributed by atoms with Gasteiger partial charge in [-0.25, -0.2) is 4.79 Å². The highest BCUT2D eigenvalue weighted by Gasteiger charge is 2.21. The Balaban J connectivity index is 1.98. The number of carbonyl (C=O) groups excluding carboxylic acids is 1. The molecule has 0 aliphatic rings. The van der Waals surface area contributed by atoms with Gasteiger partial charge < -0.3 is 14.3 Å². The predicted molar refractivity (Wildman–Crippen MR) is 112 cm³/mol. The van der Waals surface area contributed by atoms with Gasteiger partial charge in [-0.2, -0.15) is 0 Å². The van der Waals surface area contributed by atoms with E-state index in [1.807, 2.05) is 43.3 Å². The highest BCUT2D eigenvalue weighted by atomic mass is 16.5. The van der Waals surface area contributed by atoms with Crippen LogP contribution in [0.5, 0.6) is 0 Å². The molecule has 4 aromatic rings. The summed E-state index contributed by atoms with van der Waals surface area (Å²) in [5.74, 6) is -1.57. The Labute approximate surface area is 171 Å². The number of carboxylic acids is 1. The molecule has 150 valence electrons. The number of rotatable bonds is 4. The van der Waals surface area contributed by atoms with Crippen molar-refractivity contribution in [3.8, 4) is 0 Å². The van der Waals surface area contributed by atoms with Gasteiger partial charge in [0.05, 0.1) is 16.3 Å². The number of hydrogen-bond donors (Lipinski definition) is 1. The molecule has 0 saturated heterocycles. The molecule has 1 heterocycles. The van der Waals surface area contributed by atoms with Crippen LogP contribution in [-0.4, -0.2) is 17.0 Å². The number of carboxylic acid groups (broad SMARTS) is 1. The van der Waals surface area contributed by atoms with E-state index in [2.05, 4.69) is 0 Å². The Morgan fingerprint density at radius 3 is 2.37 bits per heavy atom. The molecule has 1 atom stereocenters. The maximum Gasteiger partial charge on any atom is 0.335 e. The van der Waals surface area contributed by atoms with E-state index in [0.717, 1.165) is 5.56 Å². The van der Waals surface area contributed by atoms with Gasteiger partial charge in [-0.1, -0.05) is 30.3 Å². The van der Waals surface area contributed by atoms with Crippen molar-refractivity contribution in [2.45, 2.75) is 20.0 Å². The third-order valence-corrected chi connectivity index (χ3v) is 4.91. The second kappa shape index (κ2) is 7.48. The van der Waals surface area contributed by atoms with Crippen molar-refractivity contribution in [3.63, 3.8) is 0 Å². The van der Waals surface area contributed by atoms with Crippen LogP contribution in [0.15, 0.2) is 69.9 Å². The quantitative estimate of drug-likeness (QED) is 0.396. The number of aromatic carboxylic acids is 1. The highest BCUT2D eigenvalue weighted by molar-refractivity contribution is 5.96. The second-order valence-electron chi connectivity index (χ2n) is 7.06. The van der Waals surface area contributed by atoms with E-state index in [1.165, 1.54) is 25.1 Å². The summed E-state index contributed by atoms with van der Waals surface area (Å²) < 4.78 is 11.5. The summed E-state index contributed by atoms with van der Waals surface area (Å²) in [5, 5.41) is 9.72. The van der Waals surface area contributed by atoms with E-state index in [1.54, 1.807) is 6.07 Å². The zero-order chi connectivity index (χ0) is 21.4. The molecule has 1 N–H and O–H groups in total. The highest BCUT2D eigenvalue weighted by Crippen LogP contribution is 2.31. The van der Waals surface area contributed by atoms with Crippen molar-refractivity contribution in [1.82, 2.24) is 0 Å². The van der Waals surface area contributed by atoms with Crippen molar-refractivity contribution >= 4 is 33.9 Å². The van der Waals surface area contributed by atoms with Crippen LogP contribution < -0.4 is 5.43 Å². The van der Waals surface area contributed by atoms with Gasteiger partial charge in [-0.3, -0.25) is 9.59 Å². The Hall–Kier alpha value is -3.93. The summed E-state index contributed by atoms with van der Waals surface area (Å²) in [6, 6.07) is 16.9. The maximum absolute atomic E-state index is 13.2. The first-order chi connectivity index (χ1) is 14.3. The van der Waals surface area contributed by atoms with Crippen molar-refractivity contribution < 1.29 is 23.8 Å². The minimum atomic E-state index is -1.12. The first kappa shape index (κ1) is 19.4. The first-order valence-corrected chi connectivity index (χ1v) is 9.31. The average Bonchev–Trinajstić information content (AvgIpc) is 2.73. The molecular weight excluding hydrogens is 384 g/mol. The topological polar surface area (TPSA) is 93.8 Å². The molecule has 0 saturated carbocycles. The largest absolute Gasteiger partial charge is 0.478 e. The Morgan fingerprint density at radius 2 is 1.70 bits per heavy atom. The number of esters is 1. The summed E-state index contributed by atoms with van der Waals surface area (Å²) >= 11 is 0. The predicted octanol–water partition coefficient (Wildman–Crippen LogP) is 4.61. The number of hydrogen-bond acceptors (Lipinski definition) is 5. The molecule has 6 nitrogen and oxygen atoms in total. The minimum absolute atomic E-state index is 0.00380. The lowest BCUT2D eigenvalue weighted by atomic mass is 9.97. The summed E-state index contributed by atoms with van der Waals surface area (Å²) in [6.45, 7) is 3.14. The van der Waals surface area contributed by atoms with Gasteiger partial charge in [-0.05, 0) is 53.9 Å². The molecule has 0 aliphatic heterocycles. The van der Waals surface area contributed by atoms with Crippen LogP contribution >= 0.6 is 0 Å². The standard InChI is InChI=1S/C24H18O6/c1-13-10-17(23(29-14(2)25)15-6-4-3-5-7-15)12-19-21(26)18-11-16(24(27)28)8-9-20(18)30-22(13)19/h3-12,23H,1-2H3,(H,27,28). The fourth-order valence-corrected chi connectivity index (χ4v) is 3.56. The molecule has 0 spiro atoms. The van der Waals surface area contributed by atoms with Crippen molar-refractivity contribution in [1.29, 1.82) is 0 Å². The molecule has 1 unspecified atom stereocenters. The summed E-state index contributed by atoms with van der Waals surface area (Å²) in [7, 11) is 0. The molecule has 0 amide bonds. The summed E-state index contributed by atoms with van der Waals surface area (Å²) in [5.41, 5.74) is 2.49. The molecule has 0 fully saturated rings. The summed E-state index contributed by atoms with van der Waals surface area (Å²) in [4.78, 5) is 36.2. The number of benzene rings is 3. The second-order valence-corrected chi connectivity index (χ2v) is 7.06. The molecule has 3 aromatic carbocycles. The lowest BCUT2D eigenvalue weighted by Gasteiger charge is -2.19. The molecule has 0 bridgehead atoms. The SMILES string of the molecule is CC(=O)OC(c1ccccc1)c1cc(C)c2oc3ccc(C(=O)O)cc3c(=O)c2c1. The fourth-order valence-electron chi connectivity index (χ4n) is 3.56. The molecule has 1 aromatic heterocycles. The number of carbonyl (C=O) groups is 2. The zero-order valence-electron chi connectivity index (χ0n) is 16.3. The van der Waals surface area contributed by atoms with Gasteiger partial charge >= 0.3 is 11.9 Å². The number of ether oxygens (including phenoxy) is 1. The fraction of sp³-hybridized carbons (Fsp3) is 0.125. The third-order valence-electron chi connectivity index (χ3n) is 4.91. The van der Waals surface area contributed by atoms with Crippen molar-refractivity contribution in [3.05, 3.63) is 93.1 Å². The lowest BCUT2D eigenvalue weighted by Crippen LogP contribution is -2.12. The van der Waals surface area contributed by atoms with Gasteiger partial charge in [0.25, 0.3) is 0 Å². The van der Waals surface area contributed by atoms with E-state index in [4.69, 9.17) is 9.15 Å². The molecule has 4 rings (SSSR count). The van der Waals surface area contributed by atoms with E-state index < -0.39 is 18.0 Å². The van der Waals surface area contributed by atoms with Crippen LogP contribution in [0.4, 0.5) is 0 Å². The van der Waals surface area contributed by atoms with Crippen LogP contribution in [0.25, 0.3) is 21.9 Å². The molecule has 6 heteroatoms. The van der Waals surface area contributed by atoms with Crippen LogP contribution in [0, 0.1) is 6.92 Å².